The van der Waals surface area contributed by atoms with E-state index in [9.17, 15) is 28.5 Å². The Morgan fingerprint density at radius 3 is 2.72 bits per heavy atom. The summed E-state index contributed by atoms with van der Waals surface area (Å²) in [6.07, 6.45) is 10.0. The zero-order valence-corrected chi connectivity index (χ0v) is 21.9. The molecule has 0 bridgehead atoms. The Hall–Kier alpha value is -0.790. The molecule has 0 unspecified atom stereocenters. The standard InChI is InChI=1S/C22H32INO6S2/c1-32(29,30)24-22(28)7-5-3-2-4-6-17-18(20(27)14-19(17)26)12-9-15(25)8-10-16-11-13-21(23)31-16/h2,4,9,11-13,15,17-20,25-27H,3,5-8,10,14H2,1H3,(H,24,28)/b4-2+,12-9+/t15-,17+,18+,19-,20+/m0/s1. The fraction of sp³-hybridized carbons (Fsp3) is 0.591. The normalized spacial score (nSPS) is 25.0. The van der Waals surface area contributed by atoms with E-state index in [0.29, 0.717) is 32.1 Å². The minimum absolute atomic E-state index is 0.121. The molecule has 1 aromatic rings. The molecule has 1 aromatic heterocycles. The van der Waals surface area contributed by atoms with Gasteiger partial charge in [0.15, 0.2) is 0 Å². The van der Waals surface area contributed by atoms with E-state index in [2.05, 4.69) is 34.7 Å². The summed E-state index contributed by atoms with van der Waals surface area (Å²) in [5.41, 5.74) is 0. The number of carbonyl (C=O) groups is 1. The largest absolute Gasteiger partial charge is 0.393 e. The first-order valence-electron chi connectivity index (χ1n) is 10.7. The van der Waals surface area contributed by atoms with Gasteiger partial charge in [-0.25, -0.2) is 8.42 Å². The van der Waals surface area contributed by atoms with E-state index in [-0.39, 0.29) is 18.3 Å². The summed E-state index contributed by atoms with van der Waals surface area (Å²) in [5.74, 6) is -0.891. The van der Waals surface area contributed by atoms with Crippen molar-refractivity contribution in [3.8, 4) is 0 Å². The van der Waals surface area contributed by atoms with Crippen molar-refractivity contribution in [2.24, 2.45) is 11.8 Å². The number of hydrogen-bond donors (Lipinski definition) is 4. The van der Waals surface area contributed by atoms with Crippen molar-refractivity contribution in [3.05, 3.63) is 44.2 Å². The van der Waals surface area contributed by atoms with Gasteiger partial charge in [0.25, 0.3) is 0 Å². The van der Waals surface area contributed by atoms with Crippen LogP contribution in [0, 0.1) is 14.7 Å². The van der Waals surface area contributed by atoms with E-state index in [4.69, 9.17) is 0 Å². The van der Waals surface area contributed by atoms with Crippen molar-refractivity contribution in [1.29, 1.82) is 0 Å². The Morgan fingerprint density at radius 2 is 2.06 bits per heavy atom. The highest BCUT2D eigenvalue weighted by molar-refractivity contribution is 14.1. The highest BCUT2D eigenvalue weighted by Crippen LogP contribution is 2.36. The maximum absolute atomic E-state index is 11.5. The van der Waals surface area contributed by atoms with E-state index in [1.807, 2.05) is 23.0 Å². The SMILES string of the molecule is CS(=O)(=O)NC(=O)CCC/C=C/C[C@@H]1[C@@H](/C=C/[C@@H](O)CCc2ccc(I)s2)[C@H](O)C[C@@H]1O. The van der Waals surface area contributed by atoms with Crippen LogP contribution in [-0.4, -0.2) is 54.2 Å². The van der Waals surface area contributed by atoms with E-state index in [1.165, 1.54) is 7.76 Å². The summed E-state index contributed by atoms with van der Waals surface area (Å²) in [7, 11) is -3.52. The van der Waals surface area contributed by atoms with Crippen LogP contribution in [-0.2, 0) is 21.2 Å². The first-order valence-corrected chi connectivity index (χ1v) is 14.5. The number of allylic oxidation sites excluding steroid dienone is 2. The third-order valence-corrected chi connectivity index (χ3v) is 7.99. The molecule has 10 heteroatoms. The summed E-state index contributed by atoms with van der Waals surface area (Å²) in [6, 6.07) is 4.13. The van der Waals surface area contributed by atoms with Crippen molar-refractivity contribution in [3.63, 3.8) is 0 Å². The Morgan fingerprint density at radius 1 is 1.31 bits per heavy atom. The Labute approximate surface area is 207 Å². The molecule has 180 valence electrons. The van der Waals surface area contributed by atoms with Gasteiger partial charge in [-0.15, -0.1) is 11.3 Å². The van der Waals surface area contributed by atoms with Crippen LogP contribution >= 0.6 is 33.9 Å². The summed E-state index contributed by atoms with van der Waals surface area (Å²) < 4.78 is 25.2. The van der Waals surface area contributed by atoms with Crippen molar-refractivity contribution in [2.75, 3.05) is 6.26 Å². The summed E-state index contributed by atoms with van der Waals surface area (Å²) in [4.78, 5) is 12.7. The molecule has 1 fully saturated rings. The average Bonchev–Trinajstić information content (AvgIpc) is 3.22. The predicted octanol–water partition coefficient (Wildman–Crippen LogP) is 2.75. The second-order valence-electron chi connectivity index (χ2n) is 8.21. The van der Waals surface area contributed by atoms with Crippen molar-refractivity contribution < 1.29 is 28.5 Å². The van der Waals surface area contributed by atoms with Gasteiger partial charge in [-0.3, -0.25) is 9.52 Å². The number of rotatable bonds is 12. The van der Waals surface area contributed by atoms with E-state index in [1.54, 1.807) is 17.4 Å². The highest BCUT2D eigenvalue weighted by Gasteiger charge is 2.39. The molecule has 7 nitrogen and oxygen atoms in total. The molecule has 4 N–H and O–H groups in total. The van der Waals surface area contributed by atoms with Gasteiger partial charge in [0.05, 0.1) is 27.5 Å². The van der Waals surface area contributed by atoms with Crippen LogP contribution in [0.15, 0.2) is 36.4 Å². The molecule has 32 heavy (non-hydrogen) atoms. The number of aliphatic hydroxyl groups excluding tert-OH is 3. The van der Waals surface area contributed by atoms with Gasteiger partial charge in [-0.1, -0.05) is 24.3 Å². The summed E-state index contributed by atoms with van der Waals surface area (Å²) >= 11 is 3.99. The lowest BCUT2D eigenvalue weighted by Crippen LogP contribution is -2.28. The van der Waals surface area contributed by atoms with E-state index in [0.717, 1.165) is 12.7 Å². The number of thiophene rings is 1. The molecule has 0 aliphatic heterocycles. The summed E-state index contributed by atoms with van der Waals surface area (Å²) in [5, 5.41) is 31.0. The topological polar surface area (TPSA) is 124 Å². The number of halogens is 1. The molecular formula is C22H32INO6S2. The number of aliphatic hydroxyl groups is 3. The molecule has 5 atom stereocenters. The van der Waals surface area contributed by atoms with Gasteiger partial charge >= 0.3 is 0 Å². The predicted molar refractivity (Wildman–Crippen MR) is 135 cm³/mol. The van der Waals surface area contributed by atoms with Crippen LogP contribution in [0.4, 0.5) is 0 Å². The molecule has 0 saturated heterocycles. The van der Waals surface area contributed by atoms with E-state index < -0.39 is 34.2 Å². The zero-order valence-electron chi connectivity index (χ0n) is 18.1. The number of nitrogens with one attached hydrogen (secondary N) is 1. The van der Waals surface area contributed by atoms with Crippen LogP contribution in [0.25, 0.3) is 0 Å². The molecule has 1 aliphatic rings. The lowest BCUT2D eigenvalue weighted by molar-refractivity contribution is -0.119. The maximum Gasteiger partial charge on any atom is 0.233 e. The lowest BCUT2D eigenvalue weighted by Gasteiger charge is -2.19. The van der Waals surface area contributed by atoms with Crippen molar-refractivity contribution in [2.45, 2.75) is 63.3 Å². The van der Waals surface area contributed by atoms with Crippen LogP contribution in [0.5, 0.6) is 0 Å². The van der Waals surface area contributed by atoms with E-state index >= 15 is 0 Å². The zero-order chi connectivity index (χ0) is 23.7. The fourth-order valence-corrected chi connectivity index (χ4v) is 6.13. The average molecular weight is 598 g/mol. The molecule has 1 aliphatic carbocycles. The van der Waals surface area contributed by atoms with Crippen LogP contribution in [0.3, 0.4) is 0 Å². The highest BCUT2D eigenvalue weighted by atomic mass is 127. The minimum atomic E-state index is -3.52. The van der Waals surface area contributed by atoms with Gasteiger partial charge in [0.1, 0.15) is 0 Å². The number of sulfonamides is 1. The minimum Gasteiger partial charge on any atom is -0.393 e. The van der Waals surface area contributed by atoms with Gasteiger partial charge in [-0.05, 0) is 72.7 Å². The van der Waals surface area contributed by atoms with Gasteiger partial charge < -0.3 is 15.3 Å². The van der Waals surface area contributed by atoms with Gasteiger partial charge in [-0.2, -0.15) is 0 Å². The Kier molecular flexibility index (Phi) is 11.3. The number of hydrogen-bond acceptors (Lipinski definition) is 7. The molecule has 0 radical (unpaired) electrons. The number of amides is 1. The van der Waals surface area contributed by atoms with Crippen LogP contribution in [0.1, 0.15) is 43.4 Å². The molecule has 0 spiro atoms. The Balaban J connectivity index is 1.77. The molecule has 1 heterocycles. The second kappa shape index (κ2) is 13.2. The smallest absolute Gasteiger partial charge is 0.233 e. The van der Waals surface area contributed by atoms with Crippen molar-refractivity contribution >= 4 is 49.9 Å². The monoisotopic (exact) mass is 597 g/mol. The lowest BCUT2D eigenvalue weighted by atomic mass is 9.89. The fourth-order valence-electron chi connectivity index (χ4n) is 3.84. The third kappa shape index (κ3) is 10.0. The second-order valence-corrected chi connectivity index (χ2v) is 13.0. The van der Waals surface area contributed by atoms with Crippen LogP contribution in [0.2, 0.25) is 0 Å². The number of unbranched alkanes of at least 4 members (excludes halogenated alkanes) is 1. The third-order valence-electron chi connectivity index (χ3n) is 5.44. The Bertz CT molecular complexity index is 898. The van der Waals surface area contributed by atoms with Gasteiger partial charge in [0, 0.05) is 23.6 Å². The number of aryl methyl sites for hydroxylation is 1. The molecule has 2 rings (SSSR count). The quantitative estimate of drug-likeness (QED) is 0.167. The molecule has 1 amide bonds. The first-order chi connectivity index (χ1) is 15.0. The number of carbonyl (C=O) groups excluding carboxylic acids is 1. The van der Waals surface area contributed by atoms with Crippen molar-refractivity contribution in [1.82, 2.24) is 4.72 Å². The van der Waals surface area contributed by atoms with Crippen LogP contribution < -0.4 is 4.72 Å². The first kappa shape index (κ1) is 27.5. The van der Waals surface area contributed by atoms with Gasteiger partial charge in [0.2, 0.25) is 15.9 Å². The molecule has 1 saturated carbocycles. The maximum atomic E-state index is 11.5. The molecular weight excluding hydrogens is 565 g/mol. The molecule has 0 aromatic carbocycles. The summed E-state index contributed by atoms with van der Waals surface area (Å²) in [6.45, 7) is 0.